The molecule has 0 saturated heterocycles. The highest BCUT2D eigenvalue weighted by Crippen LogP contribution is 2.48. The first-order valence-electron chi connectivity index (χ1n) is 9.66. The number of carbonyl (C=O) groups is 1. The fraction of sp³-hybridized carbons (Fsp3) is 0.167. The molecule has 32 heavy (non-hydrogen) atoms. The minimum atomic E-state index is -0.715. The van der Waals surface area contributed by atoms with Crippen molar-refractivity contribution in [2.24, 2.45) is 5.73 Å². The van der Waals surface area contributed by atoms with Crippen LogP contribution in [0.4, 0.5) is 8.78 Å². The summed E-state index contributed by atoms with van der Waals surface area (Å²) in [4.78, 5) is 16.4. The van der Waals surface area contributed by atoms with E-state index in [1.165, 1.54) is 24.3 Å². The Balaban J connectivity index is 1.95. The molecule has 1 amide bonds. The van der Waals surface area contributed by atoms with Crippen molar-refractivity contribution in [1.29, 1.82) is 0 Å². The maximum absolute atomic E-state index is 13.9. The lowest BCUT2D eigenvalue weighted by atomic mass is 9.80. The number of aromatic nitrogens is 1. The number of rotatable bonds is 5. The number of fused-ring (bicyclic) bond motifs is 1. The lowest BCUT2D eigenvalue weighted by molar-refractivity contribution is -0.119. The number of nitrogens with two attached hydrogens (primary N) is 1. The SMILES string of the molecule is C=C(c1ccc(F)cc1)c1cc2c(c(-c3ccc(F)c(Cl)c3Cl)n1)OC[C@]2(C)CC(N)=O. The lowest BCUT2D eigenvalue weighted by Gasteiger charge is -2.21. The van der Waals surface area contributed by atoms with Crippen molar-refractivity contribution >= 4 is 34.7 Å². The number of hydrogen-bond donors (Lipinski definition) is 1. The lowest BCUT2D eigenvalue weighted by Crippen LogP contribution is -2.30. The number of primary amides is 1. The first-order valence-corrected chi connectivity index (χ1v) is 10.4. The summed E-state index contributed by atoms with van der Waals surface area (Å²) in [5.74, 6) is -1.11. The van der Waals surface area contributed by atoms with E-state index < -0.39 is 17.1 Å². The molecule has 0 saturated carbocycles. The van der Waals surface area contributed by atoms with Gasteiger partial charge >= 0.3 is 0 Å². The Hall–Kier alpha value is -2.96. The molecule has 4 nitrogen and oxygen atoms in total. The molecule has 3 aromatic rings. The molecule has 2 N–H and O–H groups in total. The van der Waals surface area contributed by atoms with Gasteiger partial charge in [-0.05, 0) is 35.9 Å². The highest BCUT2D eigenvalue weighted by Gasteiger charge is 2.40. The summed E-state index contributed by atoms with van der Waals surface area (Å²) in [5, 5.41) is -0.251. The van der Waals surface area contributed by atoms with Crippen LogP contribution in [0.5, 0.6) is 5.75 Å². The second kappa shape index (κ2) is 8.19. The van der Waals surface area contributed by atoms with Gasteiger partial charge in [-0.1, -0.05) is 48.8 Å². The molecule has 0 unspecified atom stereocenters. The third-order valence-electron chi connectivity index (χ3n) is 5.51. The van der Waals surface area contributed by atoms with Gasteiger partial charge in [0.15, 0.2) is 0 Å². The van der Waals surface area contributed by atoms with E-state index in [1.807, 2.05) is 6.92 Å². The monoisotopic (exact) mass is 474 g/mol. The fourth-order valence-corrected chi connectivity index (χ4v) is 4.22. The van der Waals surface area contributed by atoms with Gasteiger partial charge < -0.3 is 10.5 Å². The molecular weight excluding hydrogens is 457 g/mol. The van der Waals surface area contributed by atoms with Crippen molar-refractivity contribution in [3.8, 4) is 17.0 Å². The van der Waals surface area contributed by atoms with Crippen molar-refractivity contribution < 1.29 is 18.3 Å². The predicted octanol–water partition coefficient (Wildman–Crippen LogP) is 5.92. The summed E-state index contributed by atoms with van der Waals surface area (Å²) in [6.07, 6.45) is 0.0455. The van der Waals surface area contributed by atoms with Crippen molar-refractivity contribution in [3.63, 3.8) is 0 Å². The van der Waals surface area contributed by atoms with Crippen LogP contribution in [0.3, 0.4) is 0 Å². The summed E-state index contributed by atoms with van der Waals surface area (Å²) in [6, 6.07) is 10.3. The van der Waals surface area contributed by atoms with Crippen LogP contribution >= 0.6 is 23.2 Å². The predicted molar refractivity (Wildman–Crippen MR) is 121 cm³/mol. The van der Waals surface area contributed by atoms with Gasteiger partial charge in [-0.15, -0.1) is 0 Å². The summed E-state index contributed by atoms with van der Waals surface area (Å²) in [5.41, 5.74) is 7.80. The molecule has 0 spiro atoms. The van der Waals surface area contributed by atoms with Gasteiger partial charge in [0, 0.05) is 28.5 Å². The van der Waals surface area contributed by atoms with Crippen molar-refractivity contribution in [2.75, 3.05) is 6.61 Å². The Kier molecular flexibility index (Phi) is 5.69. The number of nitrogens with zero attached hydrogens (tertiary/aromatic N) is 1. The van der Waals surface area contributed by atoms with Crippen LogP contribution in [-0.4, -0.2) is 17.5 Å². The largest absolute Gasteiger partial charge is 0.490 e. The average Bonchev–Trinajstić information content (AvgIpc) is 3.07. The van der Waals surface area contributed by atoms with E-state index in [0.717, 1.165) is 0 Å². The Bertz CT molecular complexity index is 1260. The van der Waals surface area contributed by atoms with Crippen LogP contribution in [0.1, 0.15) is 30.2 Å². The Morgan fingerprint density at radius 1 is 1.19 bits per heavy atom. The van der Waals surface area contributed by atoms with Crippen LogP contribution in [-0.2, 0) is 10.2 Å². The van der Waals surface area contributed by atoms with Gasteiger partial charge in [-0.3, -0.25) is 4.79 Å². The smallest absolute Gasteiger partial charge is 0.218 e. The molecule has 0 bridgehead atoms. The summed E-state index contributed by atoms with van der Waals surface area (Å²) in [6.45, 7) is 6.16. The number of carbonyl (C=O) groups excluding carboxylic acids is 1. The standard InChI is InChI=1S/C24H18Cl2F2N2O2/c1-12(13-3-5-14(27)6-4-13)18-9-16-23(32-11-24(16,2)10-19(29)31)22(30-18)15-7-8-17(28)21(26)20(15)25/h3-9H,1,10-11H2,2H3,(H2,29,31)/t24-/m0/s1. The summed E-state index contributed by atoms with van der Waals surface area (Å²) >= 11 is 12.4. The van der Waals surface area contributed by atoms with E-state index in [4.69, 9.17) is 33.7 Å². The molecule has 164 valence electrons. The van der Waals surface area contributed by atoms with Crippen molar-refractivity contribution in [1.82, 2.24) is 4.98 Å². The number of halogens is 4. The van der Waals surface area contributed by atoms with Crippen LogP contribution in [0, 0.1) is 11.6 Å². The molecule has 8 heteroatoms. The minimum absolute atomic E-state index is 0.0157. The van der Waals surface area contributed by atoms with Gasteiger partial charge in [0.1, 0.15) is 23.1 Å². The van der Waals surface area contributed by atoms with Crippen molar-refractivity contribution in [3.05, 3.63) is 87.5 Å². The quantitative estimate of drug-likeness (QED) is 0.466. The van der Waals surface area contributed by atoms with E-state index in [0.29, 0.717) is 39.4 Å². The molecule has 1 aliphatic rings. The summed E-state index contributed by atoms with van der Waals surface area (Å²) < 4.78 is 33.2. The maximum Gasteiger partial charge on any atom is 0.218 e. The Labute approximate surface area is 193 Å². The molecule has 1 atom stereocenters. The van der Waals surface area contributed by atoms with Crippen LogP contribution in [0.25, 0.3) is 16.8 Å². The molecule has 2 aromatic carbocycles. The minimum Gasteiger partial charge on any atom is -0.490 e. The molecular formula is C24H18Cl2F2N2O2. The van der Waals surface area contributed by atoms with Gasteiger partial charge in [-0.25, -0.2) is 13.8 Å². The zero-order valence-corrected chi connectivity index (χ0v) is 18.5. The van der Waals surface area contributed by atoms with Crippen LogP contribution in [0.2, 0.25) is 10.0 Å². The molecule has 1 aromatic heterocycles. The number of hydrogen-bond acceptors (Lipinski definition) is 3. The van der Waals surface area contributed by atoms with E-state index in [-0.39, 0.29) is 28.9 Å². The van der Waals surface area contributed by atoms with Gasteiger partial charge in [0.25, 0.3) is 0 Å². The normalized spacial score (nSPS) is 17.0. The third-order valence-corrected chi connectivity index (χ3v) is 6.37. The zero-order valence-electron chi connectivity index (χ0n) is 17.0. The van der Waals surface area contributed by atoms with Gasteiger partial charge in [0.2, 0.25) is 5.91 Å². The van der Waals surface area contributed by atoms with Gasteiger partial charge in [0.05, 0.1) is 22.3 Å². The van der Waals surface area contributed by atoms with E-state index in [1.54, 1.807) is 18.2 Å². The Morgan fingerprint density at radius 3 is 2.53 bits per heavy atom. The first-order chi connectivity index (χ1) is 15.1. The maximum atomic E-state index is 13.9. The molecule has 0 fully saturated rings. The van der Waals surface area contributed by atoms with E-state index in [2.05, 4.69) is 11.6 Å². The fourth-order valence-electron chi connectivity index (χ4n) is 3.81. The topological polar surface area (TPSA) is 65.2 Å². The van der Waals surface area contributed by atoms with Gasteiger partial charge in [-0.2, -0.15) is 0 Å². The second-order valence-corrected chi connectivity index (χ2v) is 8.69. The first kappa shape index (κ1) is 22.2. The Morgan fingerprint density at radius 2 is 1.88 bits per heavy atom. The molecule has 1 aliphatic heterocycles. The summed E-state index contributed by atoms with van der Waals surface area (Å²) in [7, 11) is 0. The average molecular weight is 475 g/mol. The highest BCUT2D eigenvalue weighted by atomic mass is 35.5. The molecule has 4 rings (SSSR count). The zero-order chi connectivity index (χ0) is 23.2. The number of benzene rings is 2. The number of ether oxygens (including phenoxy) is 1. The van der Waals surface area contributed by atoms with E-state index in [9.17, 15) is 13.6 Å². The van der Waals surface area contributed by atoms with E-state index >= 15 is 0 Å². The van der Waals surface area contributed by atoms with Crippen LogP contribution in [0.15, 0.2) is 49.0 Å². The second-order valence-electron chi connectivity index (χ2n) is 7.93. The molecule has 0 radical (unpaired) electrons. The molecule has 0 aliphatic carbocycles. The molecule has 2 heterocycles. The van der Waals surface area contributed by atoms with Crippen LogP contribution < -0.4 is 10.5 Å². The highest BCUT2D eigenvalue weighted by molar-refractivity contribution is 6.43. The number of amides is 1. The third kappa shape index (κ3) is 3.85. The van der Waals surface area contributed by atoms with Crippen molar-refractivity contribution in [2.45, 2.75) is 18.8 Å². The number of pyridine rings is 1.